The highest BCUT2D eigenvalue weighted by atomic mass is 15.0. The van der Waals surface area contributed by atoms with Crippen LogP contribution in [0.1, 0.15) is 11.1 Å². The molecule has 0 saturated heterocycles. The summed E-state index contributed by atoms with van der Waals surface area (Å²) in [5, 5.41) is 24.4. The molecule has 0 spiro atoms. The van der Waals surface area contributed by atoms with Crippen LogP contribution in [0.15, 0.2) is 109 Å². The Morgan fingerprint density at radius 1 is 0.417 bits per heavy atom. The van der Waals surface area contributed by atoms with Crippen LogP contribution in [0.3, 0.4) is 0 Å². The number of nitrogens with zero attached hydrogens (tertiary/aromatic N) is 4. The van der Waals surface area contributed by atoms with Gasteiger partial charge in [-0.1, -0.05) is 72.8 Å². The van der Waals surface area contributed by atoms with Crippen molar-refractivity contribution in [3.8, 4) is 23.5 Å². The summed E-state index contributed by atoms with van der Waals surface area (Å²) in [6.07, 6.45) is 0. The number of para-hydroxylation sites is 4. The Bertz CT molecular complexity index is 1930. The minimum absolute atomic E-state index is 0.609. The Morgan fingerprint density at radius 3 is 1.25 bits per heavy atom. The maximum Gasteiger partial charge on any atom is 0.101 e. The molecule has 0 fully saturated rings. The van der Waals surface area contributed by atoms with Crippen LogP contribution in [0.25, 0.3) is 55.0 Å². The normalized spacial score (nSPS) is 11.3. The van der Waals surface area contributed by atoms with E-state index in [1.807, 2.05) is 72.8 Å². The first kappa shape index (κ1) is 20.1. The summed E-state index contributed by atoms with van der Waals surface area (Å²) in [7, 11) is 0. The van der Waals surface area contributed by atoms with Gasteiger partial charge in [0.25, 0.3) is 0 Å². The number of nitriles is 2. The Kier molecular flexibility index (Phi) is 4.24. The Morgan fingerprint density at radius 2 is 0.806 bits per heavy atom. The van der Waals surface area contributed by atoms with Gasteiger partial charge >= 0.3 is 0 Å². The summed E-state index contributed by atoms with van der Waals surface area (Å²) in [4.78, 5) is 0. The van der Waals surface area contributed by atoms with Gasteiger partial charge in [0.15, 0.2) is 0 Å². The summed E-state index contributed by atoms with van der Waals surface area (Å²) < 4.78 is 4.41. The second-order valence-electron chi connectivity index (χ2n) is 8.82. The van der Waals surface area contributed by atoms with Crippen molar-refractivity contribution in [2.75, 3.05) is 0 Å². The highest BCUT2D eigenvalue weighted by Crippen LogP contribution is 2.42. The Labute approximate surface area is 207 Å². The van der Waals surface area contributed by atoms with Crippen LogP contribution in [0, 0.1) is 22.7 Å². The quantitative estimate of drug-likeness (QED) is 0.267. The summed E-state index contributed by atoms with van der Waals surface area (Å²) in [6.45, 7) is 0. The maximum atomic E-state index is 9.99. The molecule has 0 aliphatic heterocycles. The van der Waals surface area contributed by atoms with E-state index in [1.54, 1.807) is 0 Å². The lowest BCUT2D eigenvalue weighted by atomic mass is 10.1. The fraction of sp³-hybridized carbons (Fsp3) is 0. The molecule has 4 nitrogen and oxygen atoms in total. The molecule has 4 heteroatoms. The first-order chi connectivity index (χ1) is 17.8. The monoisotopic (exact) mass is 458 g/mol. The van der Waals surface area contributed by atoms with Crippen LogP contribution in [0.2, 0.25) is 0 Å². The van der Waals surface area contributed by atoms with Crippen molar-refractivity contribution in [1.29, 1.82) is 10.5 Å². The topological polar surface area (TPSA) is 57.4 Å². The lowest BCUT2D eigenvalue weighted by molar-refractivity contribution is 1.14. The number of benzene rings is 5. The highest BCUT2D eigenvalue weighted by molar-refractivity contribution is 6.23. The molecule has 0 aliphatic carbocycles. The molecule has 0 saturated carbocycles. The van der Waals surface area contributed by atoms with Gasteiger partial charge in [0.1, 0.15) is 12.1 Å². The van der Waals surface area contributed by atoms with E-state index in [1.165, 1.54) is 0 Å². The maximum absolute atomic E-state index is 9.99. The zero-order chi connectivity index (χ0) is 24.2. The summed E-state index contributed by atoms with van der Waals surface area (Å²) in [5.41, 5.74) is 6.99. The van der Waals surface area contributed by atoms with Crippen molar-refractivity contribution in [2.45, 2.75) is 0 Å². The zero-order valence-electron chi connectivity index (χ0n) is 19.2. The largest absolute Gasteiger partial charge is 0.306 e. The molecular weight excluding hydrogens is 440 g/mol. The van der Waals surface area contributed by atoms with Gasteiger partial charge in [0.05, 0.1) is 44.6 Å². The Balaban J connectivity index is 1.82. The zero-order valence-corrected chi connectivity index (χ0v) is 19.2. The van der Waals surface area contributed by atoms with Gasteiger partial charge in [-0.15, -0.1) is 0 Å². The average Bonchev–Trinajstić information content (AvgIpc) is 3.46. The fourth-order valence-corrected chi connectivity index (χ4v) is 5.53. The number of fused-ring (bicyclic) bond motifs is 7. The predicted molar refractivity (Wildman–Crippen MR) is 145 cm³/mol. The van der Waals surface area contributed by atoms with Gasteiger partial charge in [-0.2, -0.15) is 10.5 Å². The number of hydrogen-bond acceptors (Lipinski definition) is 2. The molecular formula is C32H18N4. The fourth-order valence-electron chi connectivity index (χ4n) is 5.53. The summed E-state index contributed by atoms with van der Waals surface area (Å²) in [5.74, 6) is 0. The molecule has 0 aliphatic rings. The summed E-state index contributed by atoms with van der Waals surface area (Å²) in [6, 6.07) is 41.2. The van der Waals surface area contributed by atoms with E-state index in [9.17, 15) is 10.5 Å². The van der Waals surface area contributed by atoms with E-state index in [4.69, 9.17) is 0 Å². The van der Waals surface area contributed by atoms with E-state index in [0.29, 0.717) is 11.1 Å². The molecule has 2 heterocycles. The Hall–Kier alpha value is -5.32. The standard InChI is InChI=1S/C32H18N4/c33-19-21-9-1-5-13-27(21)35-29-15-7-3-11-23(29)25-17-18-26-24-12-4-8-16-30(24)36(32(26)31(25)35)28-14-6-2-10-22(28)20-34/h1-18H. The molecule has 0 bridgehead atoms. The van der Waals surface area contributed by atoms with Crippen molar-refractivity contribution in [3.63, 3.8) is 0 Å². The van der Waals surface area contributed by atoms with Gasteiger partial charge < -0.3 is 9.13 Å². The van der Waals surface area contributed by atoms with Crippen LogP contribution in [0.4, 0.5) is 0 Å². The summed E-state index contributed by atoms with van der Waals surface area (Å²) >= 11 is 0. The predicted octanol–water partition coefficient (Wildman–Crippen LogP) is 7.62. The first-order valence-corrected chi connectivity index (χ1v) is 11.8. The molecule has 7 aromatic rings. The minimum Gasteiger partial charge on any atom is -0.306 e. The van der Waals surface area contributed by atoms with Crippen molar-refractivity contribution >= 4 is 43.6 Å². The smallest absolute Gasteiger partial charge is 0.101 e. The molecule has 0 N–H and O–H groups in total. The van der Waals surface area contributed by atoms with Gasteiger partial charge in [-0.25, -0.2) is 0 Å². The molecule has 7 rings (SSSR count). The number of aromatic nitrogens is 2. The average molecular weight is 459 g/mol. The third kappa shape index (κ3) is 2.61. The van der Waals surface area contributed by atoms with Crippen LogP contribution < -0.4 is 0 Å². The number of hydrogen-bond donors (Lipinski definition) is 0. The van der Waals surface area contributed by atoms with Gasteiger partial charge in [-0.3, -0.25) is 0 Å². The molecule has 0 radical (unpaired) electrons. The number of rotatable bonds is 2. The van der Waals surface area contributed by atoms with Gasteiger partial charge in [0, 0.05) is 21.5 Å². The molecule has 0 atom stereocenters. The molecule has 36 heavy (non-hydrogen) atoms. The van der Waals surface area contributed by atoms with E-state index in [-0.39, 0.29) is 0 Å². The third-order valence-electron chi connectivity index (χ3n) is 7.00. The second-order valence-corrected chi connectivity index (χ2v) is 8.82. The lowest BCUT2D eigenvalue weighted by Crippen LogP contribution is -2.01. The van der Waals surface area contributed by atoms with Crippen LogP contribution >= 0.6 is 0 Å². The van der Waals surface area contributed by atoms with E-state index < -0.39 is 0 Å². The first-order valence-electron chi connectivity index (χ1n) is 11.8. The van der Waals surface area contributed by atoms with Crippen LogP contribution in [-0.4, -0.2) is 9.13 Å². The lowest BCUT2D eigenvalue weighted by Gasteiger charge is -2.14. The molecule has 0 amide bonds. The van der Waals surface area contributed by atoms with E-state index in [0.717, 1.165) is 55.0 Å². The third-order valence-corrected chi connectivity index (χ3v) is 7.00. The van der Waals surface area contributed by atoms with E-state index >= 15 is 0 Å². The SMILES string of the molecule is N#Cc1ccccc1-n1c2ccccc2c2ccc3c4ccccc4n(-c4ccccc4C#N)c3c21. The van der Waals surface area contributed by atoms with Gasteiger partial charge in [-0.05, 0) is 36.4 Å². The van der Waals surface area contributed by atoms with Crippen molar-refractivity contribution in [1.82, 2.24) is 9.13 Å². The highest BCUT2D eigenvalue weighted by Gasteiger charge is 2.22. The van der Waals surface area contributed by atoms with Gasteiger partial charge in [0.2, 0.25) is 0 Å². The van der Waals surface area contributed by atoms with Crippen molar-refractivity contribution < 1.29 is 0 Å². The molecule has 166 valence electrons. The van der Waals surface area contributed by atoms with Crippen LogP contribution in [0.5, 0.6) is 0 Å². The second kappa shape index (κ2) is 7.60. The molecule has 2 aromatic heterocycles. The van der Waals surface area contributed by atoms with Crippen LogP contribution in [-0.2, 0) is 0 Å². The minimum atomic E-state index is 0.609. The van der Waals surface area contributed by atoms with E-state index in [2.05, 4.69) is 57.7 Å². The molecule has 0 unspecified atom stereocenters. The van der Waals surface area contributed by atoms with Crippen molar-refractivity contribution in [2.24, 2.45) is 0 Å². The van der Waals surface area contributed by atoms with Crippen molar-refractivity contribution in [3.05, 3.63) is 120 Å². The molecule has 5 aromatic carbocycles.